The Morgan fingerprint density at radius 2 is 1.91 bits per heavy atom. The molecular weight excluding hydrogens is 291 g/mol. The number of hydrogen-bond donors (Lipinski definition) is 2. The summed E-state index contributed by atoms with van der Waals surface area (Å²) >= 11 is 0. The van der Waals surface area contributed by atoms with Crippen LogP contribution in [0.3, 0.4) is 0 Å². The number of hydrogen-bond acceptors (Lipinski definition) is 2. The highest BCUT2D eigenvalue weighted by atomic mass is 19.1. The van der Waals surface area contributed by atoms with E-state index in [9.17, 15) is 9.18 Å². The zero-order valence-electron chi connectivity index (χ0n) is 13.8. The molecule has 0 saturated carbocycles. The number of aryl methyl sites for hydroxylation is 2. The fourth-order valence-corrected chi connectivity index (χ4v) is 2.57. The number of nitrogens with one attached hydrogen (secondary N) is 2. The van der Waals surface area contributed by atoms with E-state index in [0.29, 0.717) is 5.56 Å². The maximum atomic E-state index is 13.7. The lowest BCUT2D eigenvalue weighted by atomic mass is 10.1. The molecule has 2 aromatic carbocycles. The van der Waals surface area contributed by atoms with E-state index in [1.54, 1.807) is 18.2 Å². The lowest BCUT2D eigenvalue weighted by Crippen LogP contribution is -2.31. The van der Waals surface area contributed by atoms with Gasteiger partial charge in [-0.05, 0) is 37.5 Å². The second-order valence-corrected chi connectivity index (χ2v) is 5.63. The van der Waals surface area contributed by atoms with E-state index in [1.807, 2.05) is 32.0 Å². The molecule has 2 aromatic rings. The molecule has 0 aliphatic carbocycles. The standard InChI is InChI=1S/C19H23FN2O/c1-4-15-9-7-8-13(2)19(15)22-18(23)12-21-14(3)16-10-5-6-11-17(16)20/h5-11,14,21H,4,12H2,1-3H3,(H,22,23). The van der Waals surface area contributed by atoms with Gasteiger partial charge in [-0.15, -0.1) is 0 Å². The van der Waals surface area contributed by atoms with Crippen molar-refractivity contribution in [2.24, 2.45) is 0 Å². The highest BCUT2D eigenvalue weighted by Crippen LogP contribution is 2.21. The molecule has 0 radical (unpaired) electrons. The quantitative estimate of drug-likeness (QED) is 0.846. The smallest absolute Gasteiger partial charge is 0.238 e. The van der Waals surface area contributed by atoms with Crippen LogP contribution in [0.2, 0.25) is 0 Å². The average molecular weight is 314 g/mol. The Kier molecular flexibility index (Phi) is 5.88. The molecule has 2 rings (SSSR count). The summed E-state index contributed by atoms with van der Waals surface area (Å²) in [4.78, 5) is 12.2. The van der Waals surface area contributed by atoms with E-state index in [4.69, 9.17) is 0 Å². The molecule has 0 aromatic heterocycles. The third-order valence-electron chi connectivity index (χ3n) is 3.94. The SMILES string of the molecule is CCc1cccc(C)c1NC(=O)CNC(C)c1ccccc1F. The minimum absolute atomic E-state index is 0.128. The van der Waals surface area contributed by atoms with E-state index in [1.165, 1.54) is 6.07 Å². The summed E-state index contributed by atoms with van der Waals surface area (Å²) in [6, 6.07) is 12.3. The van der Waals surface area contributed by atoms with Gasteiger partial charge in [-0.25, -0.2) is 4.39 Å². The van der Waals surface area contributed by atoms with Crippen LogP contribution in [0.5, 0.6) is 0 Å². The third kappa shape index (κ3) is 4.39. The molecule has 0 saturated heterocycles. The highest BCUT2D eigenvalue weighted by Gasteiger charge is 2.13. The number of rotatable bonds is 6. The maximum Gasteiger partial charge on any atom is 0.238 e. The second kappa shape index (κ2) is 7.88. The van der Waals surface area contributed by atoms with Crippen molar-refractivity contribution in [3.8, 4) is 0 Å². The summed E-state index contributed by atoms with van der Waals surface area (Å²) in [6.07, 6.45) is 0.857. The van der Waals surface area contributed by atoms with Crippen LogP contribution in [-0.2, 0) is 11.2 Å². The van der Waals surface area contributed by atoms with E-state index in [2.05, 4.69) is 17.6 Å². The molecule has 0 fully saturated rings. The van der Waals surface area contributed by atoms with Crippen molar-refractivity contribution >= 4 is 11.6 Å². The molecule has 0 aliphatic rings. The molecule has 0 heterocycles. The number of benzene rings is 2. The van der Waals surface area contributed by atoms with Crippen molar-refractivity contribution in [1.82, 2.24) is 5.32 Å². The Balaban J connectivity index is 1.97. The first kappa shape index (κ1) is 17.2. The Labute approximate surface area is 136 Å². The van der Waals surface area contributed by atoms with Gasteiger partial charge in [-0.1, -0.05) is 43.3 Å². The van der Waals surface area contributed by atoms with E-state index in [0.717, 1.165) is 23.2 Å². The van der Waals surface area contributed by atoms with Gasteiger partial charge in [-0.2, -0.15) is 0 Å². The second-order valence-electron chi connectivity index (χ2n) is 5.63. The van der Waals surface area contributed by atoms with Crippen LogP contribution in [0.1, 0.15) is 36.6 Å². The van der Waals surface area contributed by atoms with Crippen LogP contribution in [0.4, 0.5) is 10.1 Å². The van der Waals surface area contributed by atoms with Crippen LogP contribution >= 0.6 is 0 Å². The van der Waals surface area contributed by atoms with Gasteiger partial charge in [0.05, 0.1) is 6.54 Å². The zero-order valence-corrected chi connectivity index (χ0v) is 13.8. The first-order valence-electron chi connectivity index (χ1n) is 7.89. The fourth-order valence-electron chi connectivity index (χ4n) is 2.57. The summed E-state index contributed by atoms with van der Waals surface area (Å²) in [6.45, 7) is 6.01. The first-order chi connectivity index (χ1) is 11.0. The average Bonchev–Trinajstić information content (AvgIpc) is 2.55. The first-order valence-corrected chi connectivity index (χ1v) is 7.89. The molecule has 122 valence electrons. The monoisotopic (exact) mass is 314 g/mol. The number of carbonyl (C=O) groups excluding carboxylic acids is 1. The summed E-state index contributed by atoms with van der Waals surface area (Å²) in [5.74, 6) is -0.391. The predicted molar refractivity (Wildman–Crippen MR) is 92.0 cm³/mol. The lowest BCUT2D eigenvalue weighted by Gasteiger charge is -2.16. The van der Waals surface area contributed by atoms with E-state index >= 15 is 0 Å². The van der Waals surface area contributed by atoms with Gasteiger partial charge >= 0.3 is 0 Å². The normalized spacial score (nSPS) is 12.0. The Bertz CT molecular complexity index is 685. The van der Waals surface area contributed by atoms with Crippen molar-refractivity contribution in [3.05, 3.63) is 65.0 Å². The van der Waals surface area contributed by atoms with Gasteiger partial charge in [0.1, 0.15) is 5.82 Å². The van der Waals surface area contributed by atoms with Crippen LogP contribution in [0, 0.1) is 12.7 Å². The zero-order chi connectivity index (χ0) is 16.8. The number of anilines is 1. The maximum absolute atomic E-state index is 13.7. The Hall–Kier alpha value is -2.20. The molecule has 0 spiro atoms. The van der Waals surface area contributed by atoms with Gasteiger partial charge in [0.2, 0.25) is 5.91 Å². The van der Waals surface area contributed by atoms with Crippen LogP contribution in [0.25, 0.3) is 0 Å². The molecule has 2 N–H and O–H groups in total. The predicted octanol–water partition coefficient (Wildman–Crippen LogP) is 3.99. The summed E-state index contributed by atoms with van der Waals surface area (Å²) in [7, 11) is 0. The van der Waals surface area contributed by atoms with Gasteiger partial charge in [0.15, 0.2) is 0 Å². The number of amides is 1. The van der Waals surface area contributed by atoms with Crippen LogP contribution < -0.4 is 10.6 Å². The molecule has 1 unspecified atom stereocenters. The molecule has 0 bridgehead atoms. The van der Waals surface area contributed by atoms with Gasteiger partial charge in [-0.3, -0.25) is 4.79 Å². The van der Waals surface area contributed by atoms with Crippen molar-refractivity contribution in [1.29, 1.82) is 0 Å². The summed E-state index contributed by atoms with van der Waals surface area (Å²) in [5, 5.41) is 6.02. The van der Waals surface area contributed by atoms with Crippen LogP contribution in [0.15, 0.2) is 42.5 Å². The third-order valence-corrected chi connectivity index (χ3v) is 3.94. The molecule has 1 atom stereocenters. The topological polar surface area (TPSA) is 41.1 Å². The Morgan fingerprint density at radius 1 is 1.17 bits per heavy atom. The molecular formula is C19H23FN2O. The molecule has 23 heavy (non-hydrogen) atoms. The molecule has 3 nitrogen and oxygen atoms in total. The minimum atomic E-state index is -0.264. The van der Waals surface area contributed by atoms with Crippen molar-refractivity contribution in [2.75, 3.05) is 11.9 Å². The number of halogens is 1. The summed E-state index contributed by atoms with van der Waals surface area (Å²) < 4.78 is 13.7. The molecule has 0 aliphatic heterocycles. The minimum Gasteiger partial charge on any atom is -0.324 e. The Morgan fingerprint density at radius 3 is 2.61 bits per heavy atom. The van der Waals surface area contributed by atoms with Crippen LogP contribution in [-0.4, -0.2) is 12.5 Å². The lowest BCUT2D eigenvalue weighted by molar-refractivity contribution is -0.115. The van der Waals surface area contributed by atoms with Gasteiger partial charge in [0.25, 0.3) is 0 Å². The van der Waals surface area contributed by atoms with E-state index in [-0.39, 0.29) is 24.3 Å². The number of para-hydroxylation sites is 1. The highest BCUT2D eigenvalue weighted by molar-refractivity contribution is 5.93. The van der Waals surface area contributed by atoms with Crippen molar-refractivity contribution in [3.63, 3.8) is 0 Å². The van der Waals surface area contributed by atoms with Crippen molar-refractivity contribution in [2.45, 2.75) is 33.2 Å². The largest absolute Gasteiger partial charge is 0.324 e. The van der Waals surface area contributed by atoms with E-state index < -0.39 is 0 Å². The fraction of sp³-hybridized carbons (Fsp3) is 0.316. The molecule has 4 heteroatoms. The summed E-state index contributed by atoms with van der Waals surface area (Å²) in [5.41, 5.74) is 3.59. The van der Waals surface area contributed by atoms with Gasteiger partial charge in [0, 0.05) is 17.3 Å². The van der Waals surface area contributed by atoms with Gasteiger partial charge < -0.3 is 10.6 Å². The number of carbonyl (C=O) groups is 1. The van der Waals surface area contributed by atoms with Crippen molar-refractivity contribution < 1.29 is 9.18 Å². The molecule has 1 amide bonds.